The van der Waals surface area contributed by atoms with Crippen molar-refractivity contribution in [3.63, 3.8) is 0 Å². The first-order valence-electron chi connectivity index (χ1n) is 7.89. The highest BCUT2D eigenvalue weighted by atomic mass is 32.1. The molecule has 1 atom stereocenters. The first kappa shape index (κ1) is 19.2. The number of alkyl halides is 3. The van der Waals surface area contributed by atoms with E-state index >= 15 is 0 Å². The summed E-state index contributed by atoms with van der Waals surface area (Å²) in [5.41, 5.74) is 0.315. The van der Waals surface area contributed by atoms with Gasteiger partial charge in [-0.05, 0) is 19.1 Å². The van der Waals surface area contributed by atoms with Crippen LogP contribution in [-0.4, -0.2) is 52.8 Å². The summed E-state index contributed by atoms with van der Waals surface area (Å²) in [6, 6.07) is 8.23. The number of aromatic nitrogens is 2. The van der Waals surface area contributed by atoms with Crippen LogP contribution in [0.1, 0.15) is 22.3 Å². The topological polar surface area (TPSA) is 75.6 Å². The second-order valence-corrected chi connectivity index (χ2v) is 6.89. The standard InChI is InChI=1S/C16H15F3N4O3S/c1-10(24)7-22-8-12(26-13(25)11-5-3-2-4-6-11)23(9-22)15-21-20-14(27-15)16(17,18)19/h2-6,12H,7-9H2,1H3. The van der Waals surface area contributed by atoms with Crippen LogP contribution < -0.4 is 4.90 Å². The number of carbonyl (C=O) groups is 2. The lowest BCUT2D eigenvalue weighted by molar-refractivity contribution is -0.138. The Bertz CT molecular complexity index is 828. The van der Waals surface area contributed by atoms with Crippen molar-refractivity contribution in [1.29, 1.82) is 0 Å². The molecule has 0 saturated carbocycles. The fraction of sp³-hybridized carbons (Fsp3) is 0.375. The molecule has 0 N–H and O–H groups in total. The maximum absolute atomic E-state index is 12.8. The zero-order valence-corrected chi connectivity index (χ0v) is 15.0. The van der Waals surface area contributed by atoms with Crippen molar-refractivity contribution in [2.75, 3.05) is 24.7 Å². The van der Waals surface area contributed by atoms with Crippen molar-refractivity contribution >= 4 is 28.2 Å². The third-order valence-electron chi connectivity index (χ3n) is 3.72. The zero-order chi connectivity index (χ0) is 19.6. The van der Waals surface area contributed by atoms with Crippen LogP contribution in [0.4, 0.5) is 18.3 Å². The molecule has 11 heteroatoms. The van der Waals surface area contributed by atoms with Crippen LogP contribution in [0, 0.1) is 0 Å². The zero-order valence-electron chi connectivity index (χ0n) is 14.1. The Morgan fingerprint density at radius 3 is 2.56 bits per heavy atom. The summed E-state index contributed by atoms with van der Waals surface area (Å²) >= 11 is 0.360. The van der Waals surface area contributed by atoms with Gasteiger partial charge in [-0.25, -0.2) is 4.79 Å². The van der Waals surface area contributed by atoms with Gasteiger partial charge in [0.25, 0.3) is 0 Å². The number of esters is 1. The number of rotatable bonds is 5. The van der Waals surface area contributed by atoms with E-state index in [0.717, 1.165) is 0 Å². The molecular weight excluding hydrogens is 385 g/mol. The largest absolute Gasteiger partial charge is 0.445 e. The third-order valence-corrected chi connectivity index (χ3v) is 4.72. The van der Waals surface area contributed by atoms with Crippen LogP contribution in [0.5, 0.6) is 0 Å². The Kier molecular flexibility index (Phi) is 5.42. The van der Waals surface area contributed by atoms with Gasteiger partial charge in [0, 0.05) is 0 Å². The van der Waals surface area contributed by atoms with Gasteiger partial charge >= 0.3 is 12.1 Å². The molecule has 1 aromatic heterocycles. The van der Waals surface area contributed by atoms with Crippen LogP contribution in [0.15, 0.2) is 30.3 Å². The van der Waals surface area contributed by atoms with E-state index in [1.807, 2.05) is 0 Å². The number of hydrogen-bond donors (Lipinski definition) is 0. The Morgan fingerprint density at radius 2 is 1.96 bits per heavy atom. The van der Waals surface area contributed by atoms with Gasteiger partial charge in [-0.15, -0.1) is 10.2 Å². The van der Waals surface area contributed by atoms with Crippen molar-refractivity contribution in [2.45, 2.75) is 19.3 Å². The predicted octanol–water partition coefficient (Wildman–Crippen LogP) is 2.41. The van der Waals surface area contributed by atoms with Crippen LogP contribution in [0.3, 0.4) is 0 Å². The second kappa shape index (κ2) is 7.61. The number of carbonyl (C=O) groups excluding carboxylic acids is 2. The van der Waals surface area contributed by atoms with Gasteiger partial charge in [-0.1, -0.05) is 29.5 Å². The molecule has 1 aromatic carbocycles. The molecule has 0 bridgehead atoms. The van der Waals surface area contributed by atoms with E-state index in [0.29, 0.717) is 16.9 Å². The molecule has 0 aliphatic carbocycles. The normalized spacial score (nSPS) is 17.9. The van der Waals surface area contributed by atoms with E-state index in [4.69, 9.17) is 4.74 Å². The van der Waals surface area contributed by atoms with E-state index in [1.54, 1.807) is 35.2 Å². The molecule has 2 heterocycles. The molecule has 7 nitrogen and oxygen atoms in total. The number of nitrogens with zero attached hydrogens (tertiary/aromatic N) is 4. The molecule has 27 heavy (non-hydrogen) atoms. The monoisotopic (exact) mass is 400 g/mol. The highest BCUT2D eigenvalue weighted by Crippen LogP contribution is 2.36. The predicted molar refractivity (Wildman–Crippen MR) is 90.2 cm³/mol. The Balaban J connectivity index is 1.81. The summed E-state index contributed by atoms with van der Waals surface area (Å²) in [5.74, 6) is -0.728. The number of anilines is 1. The maximum Gasteiger partial charge on any atom is 0.445 e. The second-order valence-electron chi connectivity index (χ2n) is 5.94. The van der Waals surface area contributed by atoms with E-state index in [2.05, 4.69) is 10.2 Å². The lowest BCUT2D eigenvalue weighted by Crippen LogP contribution is -2.35. The van der Waals surface area contributed by atoms with Crippen molar-refractivity contribution in [1.82, 2.24) is 15.1 Å². The summed E-state index contributed by atoms with van der Waals surface area (Å²) in [6.45, 7) is 1.75. The highest BCUT2D eigenvalue weighted by Gasteiger charge is 2.40. The van der Waals surface area contributed by atoms with Crippen LogP contribution >= 0.6 is 11.3 Å². The molecule has 1 aliphatic rings. The average molecular weight is 400 g/mol. The SMILES string of the molecule is CC(=O)CN1CC(OC(=O)c2ccccc2)N(c2nnc(C(F)(F)F)s2)C1. The molecule has 2 aromatic rings. The number of ether oxygens (including phenoxy) is 1. The van der Waals surface area contributed by atoms with E-state index < -0.39 is 23.4 Å². The van der Waals surface area contributed by atoms with Crippen LogP contribution in [-0.2, 0) is 15.7 Å². The molecule has 0 spiro atoms. The molecule has 1 unspecified atom stereocenters. The number of ketones is 1. The Morgan fingerprint density at radius 1 is 1.26 bits per heavy atom. The molecule has 0 radical (unpaired) electrons. The molecule has 144 valence electrons. The fourth-order valence-corrected chi connectivity index (χ4v) is 3.35. The minimum absolute atomic E-state index is 0.0285. The third kappa shape index (κ3) is 4.61. The minimum atomic E-state index is -4.61. The van der Waals surface area contributed by atoms with Crippen LogP contribution in [0.2, 0.25) is 0 Å². The van der Waals surface area contributed by atoms with Gasteiger partial charge in [-0.2, -0.15) is 13.2 Å². The van der Waals surface area contributed by atoms with Gasteiger partial charge in [0.05, 0.1) is 25.3 Å². The lowest BCUT2D eigenvalue weighted by atomic mass is 10.2. The van der Waals surface area contributed by atoms with Crippen molar-refractivity contribution < 1.29 is 27.5 Å². The first-order chi connectivity index (χ1) is 12.7. The van der Waals surface area contributed by atoms with E-state index in [9.17, 15) is 22.8 Å². The average Bonchev–Trinajstić information content (AvgIpc) is 3.22. The Hall–Kier alpha value is -2.53. The summed E-state index contributed by atoms with van der Waals surface area (Å²) in [6.07, 6.45) is -5.49. The molecular formula is C16H15F3N4O3S. The Labute approximate surface area is 156 Å². The summed E-state index contributed by atoms with van der Waals surface area (Å²) in [5, 5.41) is 5.63. The molecule has 1 aliphatic heterocycles. The number of hydrogen-bond acceptors (Lipinski definition) is 8. The van der Waals surface area contributed by atoms with Crippen molar-refractivity contribution in [3.05, 3.63) is 40.9 Å². The highest BCUT2D eigenvalue weighted by molar-refractivity contribution is 7.15. The molecule has 0 amide bonds. The van der Waals surface area contributed by atoms with Crippen molar-refractivity contribution in [2.24, 2.45) is 0 Å². The molecule has 1 saturated heterocycles. The van der Waals surface area contributed by atoms with Gasteiger partial charge in [0.2, 0.25) is 10.1 Å². The van der Waals surface area contributed by atoms with Gasteiger partial charge in [0.15, 0.2) is 6.23 Å². The summed E-state index contributed by atoms with van der Waals surface area (Å²) in [7, 11) is 0. The summed E-state index contributed by atoms with van der Waals surface area (Å²) < 4.78 is 43.9. The quantitative estimate of drug-likeness (QED) is 0.714. The number of Topliss-reactive ketones (excluding diaryl/α,β-unsaturated/α-hetero) is 1. The van der Waals surface area contributed by atoms with E-state index in [1.165, 1.54) is 11.8 Å². The van der Waals surface area contributed by atoms with Crippen LogP contribution in [0.25, 0.3) is 0 Å². The van der Waals surface area contributed by atoms with Gasteiger partial charge in [0.1, 0.15) is 5.78 Å². The smallest absolute Gasteiger partial charge is 0.436 e. The fourth-order valence-electron chi connectivity index (χ4n) is 2.61. The molecule has 1 fully saturated rings. The summed E-state index contributed by atoms with van der Waals surface area (Å²) in [4.78, 5) is 26.8. The first-order valence-corrected chi connectivity index (χ1v) is 8.71. The molecule has 3 rings (SSSR count). The van der Waals surface area contributed by atoms with Gasteiger partial charge in [-0.3, -0.25) is 14.6 Å². The number of benzene rings is 1. The maximum atomic E-state index is 12.8. The van der Waals surface area contributed by atoms with E-state index in [-0.39, 0.29) is 30.7 Å². The number of halogens is 3. The lowest BCUT2D eigenvalue weighted by Gasteiger charge is -2.22. The van der Waals surface area contributed by atoms with Crippen molar-refractivity contribution in [3.8, 4) is 0 Å². The minimum Gasteiger partial charge on any atom is -0.436 e. The van der Waals surface area contributed by atoms with Gasteiger partial charge < -0.3 is 4.74 Å².